The summed E-state index contributed by atoms with van der Waals surface area (Å²) in [6.45, 7) is 6.62. The molecule has 0 fully saturated rings. The number of rotatable bonds is 5. The van der Waals surface area contributed by atoms with E-state index in [0.717, 1.165) is 0 Å². The third-order valence-electron chi connectivity index (χ3n) is 2.50. The molecule has 1 aromatic heterocycles. The van der Waals surface area contributed by atoms with E-state index in [1.54, 1.807) is 11.3 Å². The van der Waals surface area contributed by atoms with Crippen LogP contribution in [0.15, 0.2) is 12.1 Å². The van der Waals surface area contributed by atoms with Crippen molar-refractivity contribution in [3.8, 4) is 0 Å². The molecule has 2 unspecified atom stereocenters. The zero-order valence-corrected chi connectivity index (χ0v) is 10.9. The van der Waals surface area contributed by atoms with Gasteiger partial charge in [-0.25, -0.2) is 0 Å². The summed E-state index contributed by atoms with van der Waals surface area (Å²) in [7, 11) is 0. The fourth-order valence-corrected chi connectivity index (χ4v) is 2.34. The molecule has 0 aliphatic heterocycles. The van der Waals surface area contributed by atoms with Gasteiger partial charge in [0.2, 0.25) is 5.91 Å². The number of aryl methyl sites for hydroxylation is 1. The van der Waals surface area contributed by atoms with Crippen LogP contribution in [0.1, 0.15) is 36.1 Å². The van der Waals surface area contributed by atoms with Gasteiger partial charge >= 0.3 is 0 Å². The van der Waals surface area contributed by atoms with Crippen LogP contribution in [-0.4, -0.2) is 12.5 Å². The molecule has 2 atom stereocenters. The first-order chi connectivity index (χ1) is 7.52. The van der Waals surface area contributed by atoms with E-state index in [0.29, 0.717) is 13.0 Å². The van der Waals surface area contributed by atoms with Crippen molar-refractivity contribution in [2.24, 2.45) is 11.7 Å². The lowest BCUT2D eigenvalue weighted by molar-refractivity contribution is -0.122. The molecule has 0 spiro atoms. The molecule has 0 bridgehead atoms. The zero-order valence-electron chi connectivity index (χ0n) is 10.1. The van der Waals surface area contributed by atoms with E-state index in [1.165, 1.54) is 9.75 Å². The molecule has 0 radical (unpaired) electrons. The molecule has 0 aromatic carbocycles. The number of nitrogens with one attached hydrogen (secondary N) is 1. The number of carbonyl (C=O) groups is 1. The molecule has 1 heterocycles. The van der Waals surface area contributed by atoms with Crippen LogP contribution in [0, 0.1) is 12.8 Å². The average molecular weight is 240 g/mol. The maximum absolute atomic E-state index is 11.6. The summed E-state index contributed by atoms with van der Waals surface area (Å²) in [5, 5.41) is 2.99. The fourth-order valence-electron chi connectivity index (χ4n) is 1.46. The normalized spacial score (nSPS) is 14.5. The van der Waals surface area contributed by atoms with Crippen LogP contribution in [0.25, 0.3) is 0 Å². The van der Waals surface area contributed by atoms with Crippen molar-refractivity contribution in [1.82, 2.24) is 5.32 Å². The fraction of sp³-hybridized carbons (Fsp3) is 0.583. The second-order valence-electron chi connectivity index (χ2n) is 4.28. The third-order valence-corrected chi connectivity index (χ3v) is 3.69. The molecule has 16 heavy (non-hydrogen) atoms. The van der Waals surface area contributed by atoms with Crippen LogP contribution in [0.3, 0.4) is 0 Å². The number of nitrogens with two attached hydrogens (primary N) is 1. The Labute approximate surface area is 101 Å². The van der Waals surface area contributed by atoms with Gasteiger partial charge in [-0.05, 0) is 38.4 Å². The molecule has 0 saturated carbocycles. The Morgan fingerprint density at radius 2 is 2.19 bits per heavy atom. The van der Waals surface area contributed by atoms with Crippen molar-refractivity contribution >= 4 is 17.2 Å². The van der Waals surface area contributed by atoms with E-state index >= 15 is 0 Å². The van der Waals surface area contributed by atoms with Gasteiger partial charge in [-0.3, -0.25) is 4.79 Å². The Morgan fingerprint density at radius 3 is 2.69 bits per heavy atom. The largest absolute Gasteiger partial charge is 0.349 e. The van der Waals surface area contributed by atoms with Crippen LogP contribution < -0.4 is 11.1 Å². The van der Waals surface area contributed by atoms with Gasteiger partial charge in [0, 0.05) is 16.2 Å². The van der Waals surface area contributed by atoms with Crippen LogP contribution in [0.2, 0.25) is 0 Å². The number of hydrogen-bond donors (Lipinski definition) is 2. The Bertz CT molecular complexity index is 349. The highest BCUT2D eigenvalue weighted by Crippen LogP contribution is 2.22. The summed E-state index contributed by atoms with van der Waals surface area (Å²) in [6.07, 6.45) is 0.505. The summed E-state index contributed by atoms with van der Waals surface area (Å²) >= 11 is 1.72. The first kappa shape index (κ1) is 13.2. The average Bonchev–Trinajstić information content (AvgIpc) is 2.64. The summed E-state index contributed by atoms with van der Waals surface area (Å²) in [6, 6.07) is 4.24. The van der Waals surface area contributed by atoms with E-state index in [-0.39, 0.29) is 17.9 Å². The monoisotopic (exact) mass is 240 g/mol. The molecule has 1 amide bonds. The van der Waals surface area contributed by atoms with Gasteiger partial charge in [-0.15, -0.1) is 11.3 Å². The van der Waals surface area contributed by atoms with Crippen LogP contribution in [0.4, 0.5) is 0 Å². The minimum atomic E-state index is 0.0801. The first-order valence-corrected chi connectivity index (χ1v) is 6.40. The molecular formula is C12H20N2OS. The molecule has 0 saturated heterocycles. The topological polar surface area (TPSA) is 55.1 Å². The van der Waals surface area contributed by atoms with Crippen LogP contribution in [0.5, 0.6) is 0 Å². The molecular weight excluding hydrogens is 220 g/mol. The smallest absolute Gasteiger partial charge is 0.220 e. The van der Waals surface area contributed by atoms with E-state index in [2.05, 4.69) is 24.4 Å². The highest BCUT2D eigenvalue weighted by molar-refractivity contribution is 7.12. The maximum atomic E-state index is 11.6. The molecule has 3 nitrogen and oxygen atoms in total. The lowest BCUT2D eigenvalue weighted by Crippen LogP contribution is -2.29. The molecule has 90 valence electrons. The van der Waals surface area contributed by atoms with Crippen LogP contribution in [-0.2, 0) is 4.79 Å². The van der Waals surface area contributed by atoms with Gasteiger partial charge in [0.25, 0.3) is 0 Å². The van der Waals surface area contributed by atoms with Crippen molar-refractivity contribution in [2.45, 2.75) is 33.2 Å². The first-order valence-electron chi connectivity index (χ1n) is 5.58. The van der Waals surface area contributed by atoms with Gasteiger partial charge in [-0.1, -0.05) is 6.92 Å². The van der Waals surface area contributed by atoms with E-state index in [1.807, 2.05) is 13.8 Å². The predicted octanol–water partition coefficient (Wildman–Crippen LogP) is 2.22. The minimum absolute atomic E-state index is 0.0801. The summed E-state index contributed by atoms with van der Waals surface area (Å²) in [5.41, 5.74) is 5.49. The third kappa shape index (κ3) is 3.94. The molecule has 4 heteroatoms. The lowest BCUT2D eigenvalue weighted by Gasteiger charge is -2.14. The van der Waals surface area contributed by atoms with Crippen molar-refractivity contribution < 1.29 is 4.79 Å². The van der Waals surface area contributed by atoms with Crippen molar-refractivity contribution in [2.75, 3.05) is 6.54 Å². The van der Waals surface area contributed by atoms with E-state index in [9.17, 15) is 4.79 Å². The quantitative estimate of drug-likeness (QED) is 0.829. The van der Waals surface area contributed by atoms with Crippen LogP contribution >= 0.6 is 11.3 Å². The SMILES string of the molecule is Cc1ccc(C(C)NC(=O)CC(C)CN)s1. The van der Waals surface area contributed by atoms with Gasteiger partial charge in [0.05, 0.1) is 6.04 Å². The second-order valence-corrected chi connectivity index (χ2v) is 5.60. The van der Waals surface area contributed by atoms with Gasteiger partial charge in [0.1, 0.15) is 0 Å². The van der Waals surface area contributed by atoms with Crippen molar-refractivity contribution in [3.05, 3.63) is 21.9 Å². The van der Waals surface area contributed by atoms with Gasteiger partial charge < -0.3 is 11.1 Å². The van der Waals surface area contributed by atoms with E-state index in [4.69, 9.17) is 5.73 Å². The summed E-state index contributed by atoms with van der Waals surface area (Å²) in [4.78, 5) is 14.1. The van der Waals surface area contributed by atoms with Crippen molar-refractivity contribution in [1.29, 1.82) is 0 Å². The Morgan fingerprint density at radius 1 is 1.50 bits per heavy atom. The number of carbonyl (C=O) groups excluding carboxylic acids is 1. The minimum Gasteiger partial charge on any atom is -0.349 e. The Hall–Kier alpha value is -0.870. The Balaban J connectivity index is 2.45. The number of thiophene rings is 1. The summed E-state index contributed by atoms with van der Waals surface area (Å²) < 4.78 is 0. The maximum Gasteiger partial charge on any atom is 0.220 e. The number of amides is 1. The highest BCUT2D eigenvalue weighted by Gasteiger charge is 2.13. The zero-order chi connectivity index (χ0) is 12.1. The molecule has 0 aliphatic carbocycles. The standard InChI is InChI=1S/C12H20N2OS/c1-8(7-13)6-12(15)14-10(3)11-5-4-9(2)16-11/h4-5,8,10H,6-7,13H2,1-3H3,(H,14,15). The number of hydrogen-bond acceptors (Lipinski definition) is 3. The molecule has 1 rings (SSSR count). The molecule has 1 aromatic rings. The highest BCUT2D eigenvalue weighted by atomic mass is 32.1. The van der Waals surface area contributed by atoms with Gasteiger partial charge in [0.15, 0.2) is 0 Å². The summed E-state index contributed by atoms with van der Waals surface area (Å²) in [5.74, 6) is 0.328. The van der Waals surface area contributed by atoms with Crippen molar-refractivity contribution in [3.63, 3.8) is 0 Å². The predicted molar refractivity (Wildman–Crippen MR) is 68.4 cm³/mol. The lowest BCUT2D eigenvalue weighted by atomic mass is 10.1. The van der Waals surface area contributed by atoms with Gasteiger partial charge in [-0.2, -0.15) is 0 Å². The molecule has 0 aliphatic rings. The Kier molecular flexibility index (Phi) is 4.96. The second kappa shape index (κ2) is 6.01. The van der Waals surface area contributed by atoms with E-state index < -0.39 is 0 Å². The molecule has 3 N–H and O–H groups in total.